The Balaban J connectivity index is 0.000000427. The number of hydrogen-bond donors (Lipinski definition) is 8. The number of nitrogens with zero attached hydrogens (tertiary/aromatic N) is 2. The third kappa shape index (κ3) is 18.5. The number of carboxylic acids is 4. The Bertz CT molecular complexity index is 2220. The first kappa shape index (κ1) is 55.0. The van der Waals surface area contributed by atoms with Gasteiger partial charge in [0, 0.05) is 17.1 Å². The molecule has 0 spiro atoms. The van der Waals surface area contributed by atoms with Crippen LogP contribution in [-0.4, -0.2) is 68.5 Å². The standard InChI is InChI=1S/2C13H19NO2.2C12H14N2O2/c1-8(2)12(13(15)16)14-11-7-9(3)5-6-10(11)4;1-8(2)11(13(15)16)14-12-9(3)6-5-7-10(12)4;1-8(2)11(12(15)16)14-10-5-3-4-9(6-10)7-13;1-8(2)11(12(15)16)14-10-6-4-3-5-9(10)7-13/h5-8,12,14H,1-4H3,(H,15,16);5-8,11,14H,1-4H3,(H,15,16);2*3-6,8,11,14H,1-2H3,(H,15,16)/t12-;3*11-/m0000/s1. The zero-order valence-corrected chi connectivity index (χ0v) is 39.0. The minimum atomic E-state index is -0.914. The maximum Gasteiger partial charge on any atom is 0.326 e. The zero-order chi connectivity index (χ0) is 48.8. The number of nitrogens with one attached hydrogen (secondary N) is 4. The van der Waals surface area contributed by atoms with E-state index in [4.69, 9.17) is 30.9 Å². The van der Waals surface area contributed by atoms with Crippen molar-refractivity contribution in [3.05, 3.63) is 118 Å². The number of nitriles is 2. The van der Waals surface area contributed by atoms with E-state index in [0.717, 1.165) is 33.6 Å². The van der Waals surface area contributed by atoms with Crippen molar-refractivity contribution in [1.82, 2.24) is 0 Å². The molecule has 4 aromatic rings. The molecular formula is C50H66N6O8. The van der Waals surface area contributed by atoms with E-state index in [1.807, 2.05) is 132 Å². The topological polar surface area (TPSA) is 245 Å². The lowest BCUT2D eigenvalue weighted by molar-refractivity contribution is -0.139. The Kier molecular flexibility index (Phi) is 23.3. The van der Waals surface area contributed by atoms with Gasteiger partial charge in [-0.05, 0) is 110 Å². The van der Waals surface area contributed by atoms with Crippen LogP contribution in [0.2, 0.25) is 0 Å². The highest BCUT2D eigenvalue weighted by atomic mass is 16.4. The molecule has 0 heterocycles. The molecule has 14 nitrogen and oxygen atoms in total. The van der Waals surface area contributed by atoms with E-state index in [-0.39, 0.29) is 23.7 Å². The van der Waals surface area contributed by atoms with E-state index in [1.54, 1.807) is 48.5 Å². The van der Waals surface area contributed by atoms with Crippen LogP contribution in [0, 0.1) is 74.0 Å². The van der Waals surface area contributed by atoms with Crippen LogP contribution in [0.3, 0.4) is 0 Å². The van der Waals surface area contributed by atoms with Gasteiger partial charge in [-0.3, -0.25) is 0 Å². The second kappa shape index (κ2) is 27.1. The quantitative estimate of drug-likeness (QED) is 0.0522. The van der Waals surface area contributed by atoms with Crippen molar-refractivity contribution in [1.29, 1.82) is 10.5 Å². The number of carbonyl (C=O) groups is 4. The minimum absolute atomic E-state index is 0.0248. The van der Waals surface area contributed by atoms with Crippen LogP contribution >= 0.6 is 0 Å². The van der Waals surface area contributed by atoms with Crippen molar-refractivity contribution < 1.29 is 39.6 Å². The average Bonchev–Trinajstić information content (AvgIpc) is 3.22. The molecule has 0 saturated heterocycles. The number of aliphatic carboxylic acids is 4. The molecule has 14 heteroatoms. The van der Waals surface area contributed by atoms with Gasteiger partial charge in [0.25, 0.3) is 0 Å². The zero-order valence-electron chi connectivity index (χ0n) is 39.0. The lowest BCUT2D eigenvalue weighted by atomic mass is 10.0. The Labute approximate surface area is 378 Å². The molecule has 344 valence electrons. The van der Waals surface area contributed by atoms with Crippen molar-refractivity contribution >= 4 is 46.6 Å². The van der Waals surface area contributed by atoms with E-state index in [0.29, 0.717) is 22.5 Å². The van der Waals surface area contributed by atoms with Gasteiger partial charge in [-0.25, -0.2) is 19.2 Å². The van der Waals surface area contributed by atoms with E-state index in [1.165, 1.54) is 0 Å². The molecule has 0 bridgehead atoms. The summed E-state index contributed by atoms with van der Waals surface area (Å²) in [5.41, 5.74) is 8.36. The van der Waals surface area contributed by atoms with Gasteiger partial charge in [0.05, 0.1) is 22.9 Å². The van der Waals surface area contributed by atoms with Gasteiger partial charge in [-0.15, -0.1) is 0 Å². The second-order valence-electron chi connectivity index (χ2n) is 16.8. The van der Waals surface area contributed by atoms with Crippen LogP contribution in [0.1, 0.15) is 88.8 Å². The van der Waals surface area contributed by atoms with E-state index in [9.17, 15) is 19.2 Å². The van der Waals surface area contributed by atoms with E-state index < -0.39 is 48.0 Å². The van der Waals surface area contributed by atoms with Gasteiger partial charge < -0.3 is 41.7 Å². The molecule has 0 fully saturated rings. The molecule has 4 rings (SSSR count). The van der Waals surface area contributed by atoms with Crippen LogP contribution < -0.4 is 21.3 Å². The second-order valence-corrected chi connectivity index (χ2v) is 16.8. The first-order valence-corrected chi connectivity index (χ1v) is 21.1. The summed E-state index contributed by atoms with van der Waals surface area (Å²) in [6.45, 7) is 22.8. The largest absolute Gasteiger partial charge is 0.480 e. The molecule has 0 amide bonds. The number of para-hydroxylation sites is 2. The van der Waals surface area contributed by atoms with Crippen LogP contribution in [-0.2, 0) is 19.2 Å². The lowest BCUT2D eigenvalue weighted by Crippen LogP contribution is -2.34. The monoisotopic (exact) mass is 878 g/mol. The van der Waals surface area contributed by atoms with Crippen molar-refractivity contribution in [2.24, 2.45) is 23.7 Å². The van der Waals surface area contributed by atoms with Gasteiger partial charge in [-0.2, -0.15) is 10.5 Å². The lowest BCUT2D eigenvalue weighted by Gasteiger charge is -2.21. The van der Waals surface area contributed by atoms with E-state index in [2.05, 4.69) is 21.3 Å². The predicted octanol–water partition coefficient (Wildman–Crippen LogP) is 9.81. The Hall–Kier alpha value is -7.06. The molecule has 4 atom stereocenters. The third-order valence-corrected chi connectivity index (χ3v) is 9.89. The Morgan fingerprint density at radius 2 is 0.906 bits per heavy atom. The molecule has 0 aliphatic rings. The molecular weight excluding hydrogens is 813 g/mol. The van der Waals surface area contributed by atoms with Gasteiger partial charge >= 0.3 is 23.9 Å². The van der Waals surface area contributed by atoms with Crippen molar-refractivity contribution in [3.63, 3.8) is 0 Å². The summed E-state index contributed by atoms with van der Waals surface area (Å²) in [5.74, 6) is -3.39. The molecule has 0 saturated carbocycles. The SMILES string of the molecule is CC(C)[C@H](Nc1cccc(C#N)c1)C(=O)O.CC(C)[C@H](Nc1ccccc1C#N)C(=O)O.Cc1ccc(C)c(N[C@H](C(=O)O)C(C)C)c1.Cc1cccc(C)c1N[C@H](C(=O)O)C(C)C. The smallest absolute Gasteiger partial charge is 0.326 e. The van der Waals surface area contributed by atoms with E-state index >= 15 is 0 Å². The van der Waals surface area contributed by atoms with Crippen molar-refractivity contribution in [2.45, 2.75) is 107 Å². The van der Waals surface area contributed by atoms with Gasteiger partial charge in [-0.1, -0.05) is 104 Å². The molecule has 0 aliphatic heterocycles. The fraction of sp³-hybridized carbons (Fsp3) is 0.400. The maximum atomic E-state index is 11.1. The molecule has 64 heavy (non-hydrogen) atoms. The summed E-state index contributed by atoms with van der Waals surface area (Å²) in [6.07, 6.45) is 0. The number of anilines is 4. The first-order valence-electron chi connectivity index (χ1n) is 21.1. The summed E-state index contributed by atoms with van der Waals surface area (Å²) in [6, 6.07) is 27.2. The molecule has 4 aromatic carbocycles. The number of benzene rings is 4. The number of aryl methyl sites for hydroxylation is 4. The maximum absolute atomic E-state index is 11.1. The van der Waals surface area contributed by atoms with Crippen molar-refractivity contribution in [2.75, 3.05) is 21.3 Å². The normalized spacial score (nSPS) is 12.2. The van der Waals surface area contributed by atoms with Gasteiger partial charge in [0.1, 0.15) is 30.2 Å². The molecule has 0 aromatic heterocycles. The van der Waals surface area contributed by atoms with Crippen LogP contribution in [0.25, 0.3) is 0 Å². The summed E-state index contributed by atoms with van der Waals surface area (Å²) >= 11 is 0. The van der Waals surface area contributed by atoms with Crippen LogP contribution in [0.5, 0.6) is 0 Å². The summed E-state index contributed by atoms with van der Waals surface area (Å²) < 4.78 is 0. The average molecular weight is 879 g/mol. The summed E-state index contributed by atoms with van der Waals surface area (Å²) in [7, 11) is 0. The first-order chi connectivity index (χ1) is 29.9. The fourth-order valence-electron chi connectivity index (χ4n) is 6.04. The fourth-order valence-corrected chi connectivity index (χ4v) is 6.04. The summed E-state index contributed by atoms with van der Waals surface area (Å²) in [5, 5.41) is 65.8. The van der Waals surface area contributed by atoms with Gasteiger partial charge in [0.15, 0.2) is 0 Å². The molecule has 8 N–H and O–H groups in total. The van der Waals surface area contributed by atoms with Crippen LogP contribution in [0.15, 0.2) is 84.9 Å². The van der Waals surface area contributed by atoms with Gasteiger partial charge in [0.2, 0.25) is 0 Å². The Morgan fingerprint density at radius 1 is 0.469 bits per heavy atom. The number of hydrogen-bond acceptors (Lipinski definition) is 10. The minimum Gasteiger partial charge on any atom is -0.480 e. The summed E-state index contributed by atoms with van der Waals surface area (Å²) in [4.78, 5) is 44.2. The third-order valence-electron chi connectivity index (χ3n) is 9.89. The highest BCUT2D eigenvalue weighted by molar-refractivity contribution is 5.80. The molecule has 0 radical (unpaired) electrons. The Morgan fingerprint density at radius 3 is 1.36 bits per heavy atom. The predicted molar refractivity (Wildman–Crippen MR) is 254 cm³/mol. The highest BCUT2D eigenvalue weighted by Crippen LogP contribution is 2.23. The van der Waals surface area contributed by atoms with Crippen LogP contribution in [0.4, 0.5) is 22.7 Å². The number of rotatable bonds is 16. The highest BCUT2D eigenvalue weighted by Gasteiger charge is 2.24. The number of carboxylic acid groups (broad SMARTS) is 4. The molecule has 0 unspecified atom stereocenters. The molecule has 0 aliphatic carbocycles. The van der Waals surface area contributed by atoms with Crippen molar-refractivity contribution in [3.8, 4) is 12.1 Å².